The molecule has 27 heavy (non-hydrogen) atoms. The Balaban J connectivity index is 1.70. The van der Waals surface area contributed by atoms with E-state index in [-0.39, 0.29) is 17.9 Å². The monoisotopic (exact) mass is 367 g/mol. The van der Waals surface area contributed by atoms with Crippen molar-refractivity contribution in [2.45, 2.75) is 39.4 Å². The molecule has 0 saturated heterocycles. The maximum Gasteiger partial charge on any atom is 0.347 e. The third kappa shape index (κ3) is 3.69. The third-order valence-electron chi connectivity index (χ3n) is 4.43. The molecule has 140 valence electrons. The van der Waals surface area contributed by atoms with Crippen LogP contribution in [0.5, 0.6) is 5.75 Å². The molecule has 0 spiro atoms. The van der Waals surface area contributed by atoms with E-state index < -0.39 is 12.1 Å². The highest BCUT2D eigenvalue weighted by Gasteiger charge is 2.36. The minimum Gasteiger partial charge on any atom is -0.479 e. The summed E-state index contributed by atoms with van der Waals surface area (Å²) in [6, 6.07) is 13.2. The van der Waals surface area contributed by atoms with Gasteiger partial charge >= 0.3 is 5.97 Å². The quantitative estimate of drug-likeness (QED) is 0.576. The Morgan fingerprint density at radius 1 is 0.963 bits per heavy atom. The minimum absolute atomic E-state index is 0.167. The highest BCUT2D eigenvalue weighted by Crippen LogP contribution is 2.29. The molecular formula is C21H21NO5. The van der Waals surface area contributed by atoms with Gasteiger partial charge in [-0.2, -0.15) is 0 Å². The lowest BCUT2D eigenvalue weighted by atomic mass is 10.1. The summed E-state index contributed by atoms with van der Waals surface area (Å²) in [5, 5.41) is 0. The maximum absolute atomic E-state index is 12.5. The molecular weight excluding hydrogens is 346 g/mol. The summed E-state index contributed by atoms with van der Waals surface area (Å²) in [6.07, 6.45) is -0.197. The van der Waals surface area contributed by atoms with Crippen molar-refractivity contribution >= 4 is 23.5 Å². The Bertz CT molecular complexity index is 839. The van der Waals surface area contributed by atoms with Crippen LogP contribution in [0.25, 0.3) is 0 Å². The summed E-state index contributed by atoms with van der Waals surface area (Å²) in [4.78, 5) is 38.1. The van der Waals surface area contributed by atoms with Gasteiger partial charge in [0.1, 0.15) is 5.75 Å². The number of hydrogen-bond acceptors (Lipinski definition) is 5. The van der Waals surface area contributed by atoms with Crippen LogP contribution in [0.3, 0.4) is 0 Å². The second-order valence-electron chi connectivity index (χ2n) is 6.40. The van der Waals surface area contributed by atoms with Crippen molar-refractivity contribution in [2.75, 3.05) is 4.90 Å². The summed E-state index contributed by atoms with van der Waals surface area (Å²) < 4.78 is 10.8. The number of rotatable bonds is 6. The van der Waals surface area contributed by atoms with Gasteiger partial charge in [-0.3, -0.25) is 9.59 Å². The number of nitrogens with zero attached hydrogens (tertiary/aromatic N) is 1. The molecule has 2 aromatic carbocycles. The number of fused-ring (bicyclic) bond motifs is 1. The molecule has 6 heteroatoms. The van der Waals surface area contributed by atoms with Crippen molar-refractivity contribution < 1.29 is 23.9 Å². The molecule has 2 atom stereocenters. The van der Waals surface area contributed by atoms with Gasteiger partial charge in [0.05, 0.1) is 22.9 Å². The van der Waals surface area contributed by atoms with Crippen LogP contribution in [0.1, 0.15) is 47.9 Å². The highest BCUT2D eigenvalue weighted by atomic mass is 16.6. The Hall–Kier alpha value is -3.15. The van der Waals surface area contributed by atoms with E-state index in [0.717, 1.165) is 11.3 Å². The molecule has 3 rings (SSSR count). The molecule has 0 bridgehead atoms. The topological polar surface area (TPSA) is 72.9 Å². The number of imide groups is 1. The average Bonchev–Trinajstić information content (AvgIpc) is 2.93. The zero-order chi connectivity index (χ0) is 19.6. The molecule has 0 unspecified atom stereocenters. The zero-order valence-corrected chi connectivity index (χ0v) is 15.5. The van der Waals surface area contributed by atoms with Crippen LogP contribution in [-0.2, 0) is 9.53 Å². The first-order chi connectivity index (χ1) is 12.9. The summed E-state index contributed by atoms with van der Waals surface area (Å²) in [7, 11) is 0. The van der Waals surface area contributed by atoms with Crippen molar-refractivity contribution in [1.82, 2.24) is 0 Å². The Morgan fingerprint density at radius 2 is 1.52 bits per heavy atom. The van der Waals surface area contributed by atoms with Crippen molar-refractivity contribution in [3.63, 3.8) is 0 Å². The number of esters is 1. The van der Waals surface area contributed by atoms with Crippen LogP contribution in [0.2, 0.25) is 0 Å². The lowest BCUT2D eigenvalue weighted by Crippen LogP contribution is -2.30. The summed E-state index contributed by atoms with van der Waals surface area (Å²) in [5.74, 6) is -0.692. The average molecular weight is 367 g/mol. The molecule has 1 heterocycles. The van der Waals surface area contributed by atoms with Gasteiger partial charge in [-0.05, 0) is 56.7 Å². The molecule has 2 amide bonds. The third-order valence-corrected chi connectivity index (χ3v) is 4.43. The van der Waals surface area contributed by atoms with Gasteiger partial charge < -0.3 is 9.47 Å². The number of anilines is 1. The summed E-state index contributed by atoms with van der Waals surface area (Å²) >= 11 is 0. The van der Waals surface area contributed by atoms with E-state index in [4.69, 9.17) is 9.47 Å². The molecule has 0 radical (unpaired) electrons. The number of amides is 2. The molecule has 0 fully saturated rings. The maximum atomic E-state index is 12.5. The van der Waals surface area contributed by atoms with E-state index >= 15 is 0 Å². The van der Waals surface area contributed by atoms with E-state index in [9.17, 15) is 14.4 Å². The first kappa shape index (κ1) is 18.6. The van der Waals surface area contributed by atoms with Crippen molar-refractivity contribution in [2.24, 2.45) is 0 Å². The van der Waals surface area contributed by atoms with E-state index in [1.165, 1.54) is 0 Å². The summed E-state index contributed by atoms with van der Waals surface area (Å²) in [5.41, 5.74) is 1.23. The van der Waals surface area contributed by atoms with Gasteiger partial charge in [0, 0.05) is 0 Å². The van der Waals surface area contributed by atoms with Crippen LogP contribution in [0, 0.1) is 0 Å². The van der Waals surface area contributed by atoms with Crippen LogP contribution in [-0.4, -0.2) is 30.0 Å². The fourth-order valence-electron chi connectivity index (χ4n) is 2.73. The van der Waals surface area contributed by atoms with Crippen LogP contribution >= 0.6 is 0 Å². The number of carbonyl (C=O) groups is 3. The Kier molecular flexibility index (Phi) is 5.26. The minimum atomic E-state index is -0.760. The van der Waals surface area contributed by atoms with Crippen molar-refractivity contribution in [1.29, 1.82) is 0 Å². The fourth-order valence-corrected chi connectivity index (χ4v) is 2.73. The normalized spacial score (nSPS) is 15.3. The lowest BCUT2D eigenvalue weighted by molar-refractivity contribution is -0.155. The van der Waals surface area contributed by atoms with Gasteiger partial charge in [0.2, 0.25) is 0 Å². The standard InChI is InChI=1S/C21H21NO5/c1-4-13(2)26-21(25)14(3)27-16-11-9-15(10-12-16)22-19(23)17-7-5-6-8-18(17)20(22)24/h5-14H,4H2,1-3H3/t13-,14-/m0/s1. The second-order valence-corrected chi connectivity index (χ2v) is 6.40. The van der Waals surface area contributed by atoms with Gasteiger partial charge in [-0.25, -0.2) is 9.69 Å². The van der Waals surface area contributed by atoms with Gasteiger partial charge in [0.25, 0.3) is 11.8 Å². The highest BCUT2D eigenvalue weighted by molar-refractivity contribution is 6.34. The van der Waals surface area contributed by atoms with Crippen molar-refractivity contribution in [3.05, 3.63) is 59.7 Å². The molecule has 0 saturated carbocycles. The smallest absolute Gasteiger partial charge is 0.347 e. The number of ether oxygens (including phenoxy) is 2. The number of benzene rings is 2. The predicted octanol–water partition coefficient (Wildman–Crippen LogP) is 3.60. The van der Waals surface area contributed by atoms with Gasteiger partial charge in [-0.1, -0.05) is 19.1 Å². The van der Waals surface area contributed by atoms with Crippen molar-refractivity contribution in [3.8, 4) is 5.75 Å². The predicted molar refractivity (Wildman–Crippen MR) is 100.0 cm³/mol. The first-order valence-electron chi connectivity index (χ1n) is 8.87. The molecule has 0 aromatic heterocycles. The summed E-state index contributed by atoms with van der Waals surface area (Å²) in [6.45, 7) is 5.37. The van der Waals surface area contributed by atoms with Crippen LogP contribution < -0.4 is 9.64 Å². The van der Waals surface area contributed by atoms with E-state index in [2.05, 4.69) is 0 Å². The Morgan fingerprint density at radius 3 is 2.04 bits per heavy atom. The number of hydrogen-bond donors (Lipinski definition) is 0. The van der Waals surface area contributed by atoms with Gasteiger partial charge in [-0.15, -0.1) is 0 Å². The zero-order valence-electron chi connectivity index (χ0n) is 15.5. The van der Waals surface area contributed by atoms with Crippen LogP contribution in [0.4, 0.5) is 5.69 Å². The molecule has 6 nitrogen and oxygen atoms in total. The van der Waals surface area contributed by atoms with Gasteiger partial charge in [0.15, 0.2) is 6.10 Å². The van der Waals surface area contributed by atoms with E-state index in [0.29, 0.717) is 22.6 Å². The molecule has 0 N–H and O–H groups in total. The second kappa shape index (κ2) is 7.61. The Labute approximate surface area is 157 Å². The lowest BCUT2D eigenvalue weighted by Gasteiger charge is -2.18. The largest absolute Gasteiger partial charge is 0.479 e. The first-order valence-corrected chi connectivity index (χ1v) is 8.87. The van der Waals surface area contributed by atoms with E-state index in [1.54, 1.807) is 55.5 Å². The van der Waals surface area contributed by atoms with E-state index in [1.807, 2.05) is 13.8 Å². The molecule has 2 aromatic rings. The fraction of sp³-hybridized carbons (Fsp3) is 0.286. The molecule has 1 aliphatic heterocycles. The number of carbonyl (C=O) groups excluding carboxylic acids is 3. The van der Waals surface area contributed by atoms with Crippen LogP contribution in [0.15, 0.2) is 48.5 Å². The molecule has 1 aliphatic rings. The molecule has 0 aliphatic carbocycles. The SMILES string of the molecule is CC[C@H](C)OC(=O)[C@H](C)Oc1ccc(N2C(=O)c3ccccc3C2=O)cc1.